The van der Waals surface area contributed by atoms with Gasteiger partial charge in [0.25, 0.3) is 0 Å². The van der Waals surface area contributed by atoms with E-state index in [4.69, 9.17) is 16.3 Å². The van der Waals surface area contributed by atoms with E-state index < -0.39 is 0 Å². The number of hydrogen-bond acceptors (Lipinski definition) is 3. The highest BCUT2D eigenvalue weighted by atomic mass is 35.5. The Kier molecular flexibility index (Phi) is 5.90. The van der Waals surface area contributed by atoms with Crippen molar-refractivity contribution in [3.63, 3.8) is 0 Å². The van der Waals surface area contributed by atoms with Crippen LogP contribution < -0.4 is 4.90 Å². The second-order valence-corrected chi connectivity index (χ2v) is 6.26. The molecular weight excluding hydrogens is 298 g/mol. The highest BCUT2D eigenvalue weighted by Crippen LogP contribution is 2.33. The lowest BCUT2D eigenvalue weighted by Crippen LogP contribution is -2.37. The number of benzene rings is 1. The molecule has 120 valence electrons. The summed E-state index contributed by atoms with van der Waals surface area (Å²) in [7, 11) is 1.39. The van der Waals surface area contributed by atoms with Gasteiger partial charge >= 0.3 is 5.97 Å². The standard InChI is InChI=1S/C18H24ClNO2/c1-4-10-20(15-8-6-5-7-9-15)17-12-14(19)11-16(13(17)2)18(21)22-3/h4,11-12,15H,1,5-10H2,2-3H3. The van der Waals surface area contributed by atoms with Gasteiger partial charge in [0.15, 0.2) is 0 Å². The van der Waals surface area contributed by atoms with E-state index in [1.165, 1.54) is 39.2 Å². The summed E-state index contributed by atoms with van der Waals surface area (Å²) in [4.78, 5) is 14.3. The fourth-order valence-corrected chi connectivity index (χ4v) is 3.47. The molecule has 0 unspecified atom stereocenters. The van der Waals surface area contributed by atoms with Crippen LogP contribution in [-0.4, -0.2) is 25.7 Å². The van der Waals surface area contributed by atoms with Crippen molar-refractivity contribution < 1.29 is 9.53 Å². The van der Waals surface area contributed by atoms with Crippen molar-refractivity contribution in [3.05, 3.63) is 40.9 Å². The lowest BCUT2D eigenvalue weighted by Gasteiger charge is -2.36. The number of esters is 1. The van der Waals surface area contributed by atoms with E-state index in [1.807, 2.05) is 19.1 Å². The van der Waals surface area contributed by atoms with Crippen molar-refractivity contribution >= 4 is 23.3 Å². The van der Waals surface area contributed by atoms with Crippen molar-refractivity contribution in [2.45, 2.75) is 45.1 Å². The molecule has 2 rings (SSSR count). The Hall–Kier alpha value is -1.48. The molecule has 1 fully saturated rings. The monoisotopic (exact) mass is 321 g/mol. The molecule has 0 atom stereocenters. The average Bonchev–Trinajstić information content (AvgIpc) is 2.54. The van der Waals surface area contributed by atoms with Crippen molar-refractivity contribution in [1.82, 2.24) is 0 Å². The zero-order valence-electron chi connectivity index (χ0n) is 13.4. The highest BCUT2D eigenvalue weighted by Gasteiger charge is 2.24. The molecule has 0 bridgehead atoms. The summed E-state index contributed by atoms with van der Waals surface area (Å²) in [6.45, 7) is 6.59. The molecule has 0 spiro atoms. The summed E-state index contributed by atoms with van der Waals surface area (Å²) >= 11 is 6.25. The first-order chi connectivity index (χ1) is 10.6. The molecule has 4 heteroatoms. The first-order valence-electron chi connectivity index (χ1n) is 7.84. The van der Waals surface area contributed by atoms with Gasteiger partial charge in [0, 0.05) is 23.3 Å². The third-order valence-corrected chi connectivity index (χ3v) is 4.62. The Morgan fingerprint density at radius 3 is 2.68 bits per heavy atom. The zero-order chi connectivity index (χ0) is 16.1. The van der Waals surface area contributed by atoms with E-state index in [2.05, 4.69) is 11.5 Å². The van der Waals surface area contributed by atoms with Crippen molar-refractivity contribution in [2.75, 3.05) is 18.6 Å². The molecule has 0 aromatic heterocycles. The number of hydrogen-bond donors (Lipinski definition) is 0. The van der Waals surface area contributed by atoms with Crippen LogP contribution in [0.25, 0.3) is 0 Å². The maximum Gasteiger partial charge on any atom is 0.338 e. The van der Waals surface area contributed by atoms with Gasteiger partial charge in [-0.15, -0.1) is 6.58 Å². The molecule has 0 saturated heterocycles. The molecule has 22 heavy (non-hydrogen) atoms. The van der Waals surface area contributed by atoms with Gasteiger partial charge in [-0.05, 0) is 37.5 Å². The van der Waals surface area contributed by atoms with E-state index in [9.17, 15) is 4.79 Å². The van der Waals surface area contributed by atoms with E-state index in [1.54, 1.807) is 6.07 Å². The molecule has 0 heterocycles. The third-order valence-electron chi connectivity index (χ3n) is 4.40. The Morgan fingerprint density at radius 1 is 1.41 bits per heavy atom. The maximum absolute atomic E-state index is 12.0. The minimum atomic E-state index is -0.344. The van der Waals surface area contributed by atoms with E-state index >= 15 is 0 Å². The summed E-state index contributed by atoms with van der Waals surface area (Å²) in [6.07, 6.45) is 8.07. The normalized spacial score (nSPS) is 15.4. The quantitative estimate of drug-likeness (QED) is 0.578. The van der Waals surface area contributed by atoms with Crippen molar-refractivity contribution in [3.8, 4) is 0 Å². The molecule has 1 aliphatic carbocycles. The van der Waals surface area contributed by atoms with Crippen LogP contribution in [0.15, 0.2) is 24.8 Å². The van der Waals surface area contributed by atoms with Gasteiger partial charge in [-0.25, -0.2) is 4.79 Å². The zero-order valence-corrected chi connectivity index (χ0v) is 14.2. The second-order valence-electron chi connectivity index (χ2n) is 5.82. The number of ether oxygens (including phenoxy) is 1. The predicted octanol–water partition coefficient (Wildman–Crippen LogP) is 4.76. The molecule has 0 aliphatic heterocycles. The molecule has 1 saturated carbocycles. The number of halogens is 1. The molecule has 0 radical (unpaired) electrons. The molecular formula is C18H24ClNO2. The minimum Gasteiger partial charge on any atom is -0.465 e. The number of rotatable bonds is 5. The Labute approximate surface area is 137 Å². The van der Waals surface area contributed by atoms with Crippen LogP contribution in [0.5, 0.6) is 0 Å². The third kappa shape index (κ3) is 3.64. The van der Waals surface area contributed by atoms with Crippen LogP contribution in [0, 0.1) is 6.92 Å². The number of methoxy groups -OCH3 is 1. The van der Waals surface area contributed by atoms with E-state index in [-0.39, 0.29) is 5.97 Å². The fraction of sp³-hybridized carbons (Fsp3) is 0.500. The molecule has 1 aromatic rings. The van der Waals surface area contributed by atoms with Crippen LogP contribution in [0.4, 0.5) is 5.69 Å². The smallest absolute Gasteiger partial charge is 0.338 e. The molecule has 1 aromatic carbocycles. The average molecular weight is 322 g/mol. The topological polar surface area (TPSA) is 29.5 Å². The van der Waals surface area contributed by atoms with Gasteiger partial charge in [-0.2, -0.15) is 0 Å². The van der Waals surface area contributed by atoms with Crippen LogP contribution in [-0.2, 0) is 4.74 Å². The van der Waals surface area contributed by atoms with E-state index in [0.717, 1.165) is 17.8 Å². The first kappa shape index (κ1) is 16.9. The summed E-state index contributed by atoms with van der Waals surface area (Å²) in [5.74, 6) is -0.344. The van der Waals surface area contributed by atoms with Gasteiger partial charge in [0.2, 0.25) is 0 Å². The Bertz CT molecular complexity index is 550. The van der Waals surface area contributed by atoms with Crippen molar-refractivity contribution in [2.24, 2.45) is 0 Å². The maximum atomic E-state index is 12.0. The Morgan fingerprint density at radius 2 is 2.09 bits per heavy atom. The molecule has 0 amide bonds. The molecule has 1 aliphatic rings. The van der Waals surface area contributed by atoms with Gasteiger partial charge in [-0.3, -0.25) is 0 Å². The van der Waals surface area contributed by atoms with E-state index in [0.29, 0.717) is 16.6 Å². The van der Waals surface area contributed by atoms with Crippen LogP contribution in [0.2, 0.25) is 5.02 Å². The number of nitrogens with zero attached hydrogens (tertiary/aromatic N) is 1. The summed E-state index contributed by atoms with van der Waals surface area (Å²) in [5.41, 5.74) is 2.47. The highest BCUT2D eigenvalue weighted by molar-refractivity contribution is 6.31. The summed E-state index contributed by atoms with van der Waals surface area (Å²) in [6, 6.07) is 4.11. The van der Waals surface area contributed by atoms with Crippen molar-refractivity contribution in [1.29, 1.82) is 0 Å². The SMILES string of the molecule is C=CCN(c1cc(Cl)cc(C(=O)OC)c1C)C1CCCCC1. The Balaban J connectivity index is 2.43. The number of anilines is 1. The molecule has 0 N–H and O–H groups in total. The van der Waals surface area contributed by atoms with Crippen LogP contribution in [0.3, 0.4) is 0 Å². The lowest BCUT2D eigenvalue weighted by molar-refractivity contribution is 0.0600. The summed E-state index contributed by atoms with van der Waals surface area (Å²) in [5, 5.41) is 0.561. The second kappa shape index (κ2) is 7.68. The summed E-state index contributed by atoms with van der Waals surface area (Å²) < 4.78 is 4.88. The van der Waals surface area contributed by atoms with Gasteiger partial charge < -0.3 is 9.64 Å². The molecule has 3 nitrogen and oxygen atoms in total. The first-order valence-corrected chi connectivity index (χ1v) is 8.22. The van der Waals surface area contributed by atoms with Crippen LogP contribution >= 0.6 is 11.6 Å². The predicted molar refractivity (Wildman–Crippen MR) is 91.9 cm³/mol. The largest absolute Gasteiger partial charge is 0.465 e. The fourth-order valence-electron chi connectivity index (χ4n) is 3.26. The van der Waals surface area contributed by atoms with Gasteiger partial charge in [0.05, 0.1) is 12.7 Å². The van der Waals surface area contributed by atoms with Crippen LogP contribution in [0.1, 0.15) is 48.0 Å². The lowest BCUT2D eigenvalue weighted by atomic mass is 9.93. The minimum absolute atomic E-state index is 0.344. The van der Waals surface area contributed by atoms with Gasteiger partial charge in [-0.1, -0.05) is 36.9 Å². The number of carbonyl (C=O) groups excluding carboxylic acids is 1. The number of carbonyl (C=O) groups is 1. The van der Waals surface area contributed by atoms with Gasteiger partial charge in [0.1, 0.15) is 0 Å².